The van der Waals surface area contributed by atoms with Crippen LogP contribution < -0.4 is 0 Å². The van der Waals surface area contributed by atoms with Crippen LogP contribution in [0, 0.1) is 11.8 Å². The van der Waals surface area contributed by atoms with Crippen LogP contribution in [0.5, 0.6) is 0 Å². The fourth-order valence-electron chi connectivity index (χ4n) is 9.93. The van der Waals surface area contributed by atoms with E-state index in [4.69, 9.17) is 14.2 Å². The predicted molar refractivity (Wildman–Crippen MR) is 303 cm³/mol. The van der Waals surface area contributed by atoms with Gasteiger partial charge in [-0.05, 0) is 31.1 Å². The summed E-state index contributed by atoms with van der Waals surface area (Å²) in [6.45, 7) is 11.4. The molecule has 0 aromatic rings. The van der Waals surface area contributed by atoms with Crippen LogP contribution in [0.15, 0.2) is 0 Å². The second-order valence-corrected chi connectivity index (χ2v) is 23.0. The van der Waals surface area contributed by atoms with Crippen molar-refractivity contribution in [2.24, 2.45) is 11.8 Å². The first-order valence-corrected chi connectivity index (χ1v) is 31.7. The van der Waals surface area contributed by atoms with E-state index in [1.807, 2.05) is 0 Å². The Morgan fingerprint density at radius 2 is 0.471 bits per heavy atom. The topological polar surface area (TPSA) is 78.9 Å². The van der Waals surface area contributed by atoms with Crippen LogP contribution in [0.1, 0.15) is 362 Å². The zero-order valence-corrected chi connectivity index (χ0v) is 48.2. The molecule has 0 saturated carbocycles. The molecule has 0 radical (unpaired) electrons. The molecule has 0 saturated heterocycles. The van der Waals surface area contributed by atoms with Crippen molar-refractivity contribution in [3.05, 3.63) is 0 Å². The number of unbranched alkanes of at least 4 members (excludes halogenated alkanes) is 43. The van der Waals surface area contributed by atoms with Gasteiger partial charge in [-0.25, -0.2) is 0 Å². The van der Waals surface area contributed by atoms with Crippen molar-refractivity contribution in [2.75, 3.05) is 13.2 Å². The highest BCUT2D eigenvalue weighted by atomic mass is 16.6. The van der Waals surface area contributed by atoms with E-state index in [0.29, 0.717) is 19.3 Å². The zero-order valence-electron chi connectivity index (χ0n) is 48.2. The van der Waals surface area contributed by atoms with Crippen LogP contribution in [0.25, 0.3) is 0 Å². The van der Waals surface area contributed by atoms with Crippen molar-refractivity contribution in [1.29, 1.82) is 0 Å². The fraction of sp³-hybridized carbons (Fsp3) is 0.953. The Balaban J connectivity index is 4.26. The molecule has 416 valence electrons. The van der Waals surface area contributed by atoms with Crippen LogP contribution in [-0.2, 0) is 28.6 Å². The summed E-state index contributed by atoms with van der Waals surface area (Å²) in [5, 5.41) is 0. The average Bonchev–Trinajstić information content (AvgIpc) is 3.33. The lowest BCUT2D eigenvalue weighted by Crippen LogP contribution is -2.30. The number of rotatable bonds is 58. The Kier molecular flexibility index (Phi) is 55.4. The van der Waals surface area contributed by atoms with Crippen molar-refractivity contribution >= 4 is 17.9 Å². The standard InChI is InChI=1S/C64H124O6/c1-6-7-8-9-10-11-12-13-14-17-22-25-30-36-41-46-51-56-64(67)70-61(58-69-63(66)55-50-45-40-35-31-26-28-33-38-43-48-53-60(4)5)57-68-62(65)54-49-44-39-34-29-24-21-19-16-15-18-20-23-27-32-37-42-47-52-59(2)3/h59-61H,6-58H2,1-5H3/t61-/m0/s1. The molecule has 0 aliphatic rings. The molecule has 0 aromatic heterocycles. The molecule has 0 fully saturated rings. The molecule has 70 heavy (non-hydrogen) atoms. The number of ether oxygens (including phenoxy) is 3. The van der Waals surface area contributed by atoms with Gasteiger partial charge >= 0.3 is 17.9 Å². The lowest BCUT2D eigenvalue weighted by atomic mass is 10.0. The molecule has 6 nitrogen and oxygen atoms in total. The minimum Gasteiger partial charge on any atom is -0.462 e. The minimum absolute atomic E-state index is 0.0620. The number of esters is 3. The summed E-state index contributed by atoms with van der Waals surface area (Å²) in [6, 6.07) is 0. The van der Waals surface area contributed by atoms with Gasteiger partial charge in [0.05, 0.1) is 0 Å². The van der Waals surface area contributed by atoms with E-state index in [2.05, 4.69) is 34.6 Å². The van der Waals surface area contributed by atoms with Crippen LogP contribution >= 0.6 is 0 Å². The van der Waals surface area contributed by atoms with Crippen molar-refractivity contribution in [3.63, 3.8) is 0 Å². The number of carbonyl (C=O) groups is 3. The third-order valence-corrected chi connectivity index (χ3v) is 14.7. The van der Waals surface area contributed by atoms with Gasteiger partial charge in [-0.1, -0.05) is 324 Å². The lowest BCUT2D eigenvalue weighted by molar-refractivity contribution is -0.167. The molecule has 0 N–H and O–H groups in total. The van der Waals surface area contributed by atoms with Gasteiger partial charge in [0, 0.05) is 19.3 Å². The van der Waals surface area contributed by atoms with Gasteiger partial charge in [-0.3, -0.25) is 14.4 Å². The smallest absolute Gasteiger partial charge is 0.306 e. The third kappa shape index (κ3) is 57.3. The Morgan fingerprint density at radius 1 is 0.271 bits per heavy atom. The molecular formula is C64H124O6. The summed E-state index contributed by atoms with van der Waals surface area (Å²) in [6.07, 6.45) is 62.5. The van der Waals surface area contributed by atoms with Gasteiger partial charge in [-0.2, -0.15) is 0 Å². The van der Waals surface area contributed by atoms with E-state index in [9.17, 15) is 14.4 Å². The maximum absolute atomic E-state index is 12.9. The Bertz CT molecular complexity index is 1070. The van der Waals surface area contributed by atoms with Crippen LogP contribution in [0.3, 0.4) is 0 Å². The summed E-state index contributed by atoms with van der Waals surface area (Å²) >= 11 is 0. The van der Waals surface area contributed by atoms with E-state index in [-0.39, 0.29) is 31.1 Å². The molecule has 0 amide bonds. The van der Waals surface area contributed by atoms with E-state index in [0.717, 1.165) is 69.6 Å². The quantitative estimate of drug-likeness (QED) is 0.0343. The summed E-state index contributed by atoms with van der Waals surface area (Å²) in [5.41, 5.74) is 0. The van der Waals surface area contributed by atoms with Crippen molar-refractivity contribution < 1.29 is 28.6 Å². The van der Waals surface area contributed by atoms with Crippen LogP contribution in [-0.4, -0.2) is 37.2 Å². The SMILES string of the molecule is CCCCCCCCCCCCCCCCCCCC(=O)O[C@@H](COC(=O)CCCCCCCCCCCCCCCCCCCCC(C)C)COC(=O)CCCCCCCCCCCCCC(C)C. The molecule has 0 aliphatic heterocycles. The van der Waals surface area contributed by atoms with E-state index in [1.54, 1.807) is 0 Å². The summed E-state index contributed by atoms with van der Waals surface area (Å²) in [7, 11) is 0. The predicted octanol–water partition coefficient (Wildman–Crippen LogP) is 21.2. The maximum Gasteiger partial charge on any atom is 0.306 e. The van der Waals surface area contributed by atoms with E-state index < -0.39 is 6.10 Å². The normalized spacial score (nSPS) is 12.0. The fourth-order valence-corrected chi connectivity index (χ4v) is 9.93. The minimum atomic E-state index is -0.763. The molecule has 0 heterocycles. The number of hydrogen-bond donors (Lipinski definition) is 0. The first-order chi connectivity index (χ1) is 34.2. The van der Waals surface area contributed by atoms with Gasteiger partial charge in [0.25, 0.3) is 0 Å². The van der Waals surface area contributed by atoms with Crippen molar-refractivity contribution in [2.45, 2.75) is 368 Å². The monoisotopic (exact) mass is 989 g/mol. The summed E-state index contributed by atoms with van der Waals surface area (Å²) < 4.78 is 17.0. The van der Waals surface area contributed by atoms with Gasteiger partial charge in [0.15, 0.2) is 6.10 Å². The highest BCUT2D eigenvalue weighted by Gasteiger charge is 2.19. The van der Waals surface area contributed by atoms with Crippen LogP contribution in [0.4, 0.5) is 0 Å². The molecule has 0 unspecified atom stereocenters. The number of carbonyl (C=O) groups excluding carboxylic acids is 3. The molecule has 0 aromatic carbocycles. The number of hydrogen-bond acceptors (Lipinski definition) is 6. The van der Waals surface area contributed by atoms with Gasteiger partial charge < -0.3 is 14.2 Å². The molecule has 6 heteroatoms. The van der Waals surface area contributed by atoms with E-state index >= 15 is 0 Å². The average molecular weight is 990 g/mol. The second-order valence-electron chi connectivity index (χ2n) is 23.0. The molecule has 0 bridgehead atoms. The van der Waals surface area contributed by atoms with Crippen molar-refractivity contribution in [3.8, 4) is 0 Å². The summed E-state index contributed by atoms with van der Waals surface area (Å²) in [5.74, 6) is 0.853. The summed E-state index contributed by atoms with van der Waals surface area (Å²) in [4.78, 5) is 38.3. The molecule has 1 atom stereocenters. The lowest BCUT2D eigenvalue weighted by Gasteiger charge is -2.18. The molecule has 0 spiro atoms. The third-order valence-electron chi connectivity index (χ3n) is 14.7. The highest BCUT2D eigenvalue weighted by Crippen LogP contribution is 2.19. The van der Waals surface area contributed by atoms with E-state index in [1.165, 1.54) is 250 Å². The van der Waals surface area contributed by atoms with Crippen LogP contribution in [0.2, 0.25) is 0 Å². The first kappa shape index (κ1) is 68.4. The van der Waals surface area contributed by atoms with Gasteiger partial charge in [-0.15, -0.1) is 0 Å². The van der Waals surface area contributed by atoms with Crippen molar-refractivity contribution in [1.82, 2.24) is 0 Å². The second kappa shape index (κ2) is 56.7. The zero-order chi connectivity index (χ0) is 51.1. The largest absolute Gasteiger partial charge is 0.462 e. The molecular weight excluding hydrogens is 865 g/mol. The van der Waals surface area contributed by atoms with Gasteiger partial charge in [0.1, 0.15) is 13.2 Å². The first-order valence-electron chi connectivity index (χ1n) is 31.7. The Morgan fingerprint density at radius 3 is 0.700 bits per heavy atom. The van der Waals surface area contributed by atoms with Gasteiger partial charge in [0.2, 0.25) is 0 Å². The molecule has 0 aliphatic carbocycles. The Labute approximate surface area is 438 Å². The maximum atomic E-state index is 12.9. The Hall–Kier alpha value is -1.59. The highest BCUT2D eigenvalue weighted by molar-refractivity contribution is 5.71. The molecule has 0 rings (SSSR count).